The van der Waals surface area contributed by atoms with Crippen LogP contribution in [0.1, 0.15) is 66.8 Å². The van der Waals surface area contributed by atoms with Crippen LogP contribution >= 0.6 is 0 Å². The van der Waals surface area contributed by atoms with E-state index in [-0.39, 0.29) is 18.0 Å². The van der Waals surface area contributed by atoms with Gasteiger partial charge >= 0.3 is 0 Å². The monoisotopic (exact) mass is 449 g/mol. The quantitative estimate of drug-likeness (QED) is 0.574. The predicted molar refractivity (Wildman–Crippen MR) is 131 cm³/mol. The molecule has 2 aromatic heterocycles. The Hall–Kier alpha value is -2.93. The number of hydrogen-bond donors (Lipinski definition) is 1. The number of likely N-dealkylation sites (tertiary alicyclic amines) is 1. The lowest BCUT2D eigenvalue weighted by molar-refractivity contribution is 0.0892. The van der Waals surface area contributed by atoms with E-state index in [1.54, 1.807) is 13.3 Å². The Morgan fingerprint density at radius 3 is 2.76 bits per heavy atom. The third-order valence-electron chi connectivity index (χ3n) is 6.94. The second-order valence-corrected chi connectivity index (χ2v) is 9.21. The minimum absolute atomic E-state index is 0.0593. The average Bonchev–Trinajstić information content (AvgIpc) is 3.25. The fourth-order valence-electron chi connectivity index (χ4n) is 4.95. The molecule has 0 aliphatic carbocycles. The zero-order valence-corrected chi connectivity index (χ0v) is 20.3. The van der Waals surface area contributed by atoms with E-state index in [1.807, 2.05) is 29.8 Å². The van der Waals surface area contributed by atoms with Crippen LogP contribution in [-0.2, 0) is 0 Å². The Morgan fingerprint density at radius 2 is 2.06 bits per heavy atom. The first-order valence-electron chi connectivity index (χ1n) is 11.9. The van der Waals surface area contributed by atoms with E-state index in [0.29, 0.717) is 18.0 Å². The number of amides is 1. The van der Waals surface area contributed by atoms with E-state index in [9.17, 15) is 4.79 Å². The summed E-state index contributed by atoms with van der Waals surface area (Å²) in [5, 5.41) is 8.57. The molecule has 7 heteroatoms. The maximum absolute atomic E-state index is 13.3. The Balaban J connectivity index is 1.54. The number of fused-ring (bicyclic) bond motifs is 1. The van der Waals surface area contributed by atoms with Gasteiger partial charge in [0.05, 0.1) is 30.3 Å². The van der Waals surface area contributed by atoms with Crippen molar-refractivity contribution in [3.63, 3.8) is 0 Å². The fraction of sp³-hybridized carbons (Fsp3) is 0.500. The summed E-state index contributed by atoms with van der Waals surface area (Å²) in [6.07, 6.45) is 4.94. The van der Waals surface area contributed by atoms with Gasteiger partial charge in [0.25, 0.3) is 5.91 Å². The summed E-state index contributed by atoms with van der Waals surface area (Å²) in [6, 6.07) is 10.7. The number of methoxy groups -OCH3 is 1. The smallest absolute Gasteiger partial charge is 0.252 e. The number of pyridine rings is 1. The molecule has 7 nitrogen and oxygen atoms in total. The average molecular weight is 450 g/mol. The highest BCUT2D eigenvalue weighted by Crippen LogP contribution is 2.35. The third kappa shape index (κ3) is 4.74. The van der Waals surface area contributed by atoms with E-state index in [4.69, 9.17) is 4.74 Å². The lowest BCUT2D eigenvalue weighted by atomic mass is 9.85. The van der Waals surface area contributed by atoms with Crippen LogP contribution in [0.25, 0.3) is 11.0 Å². The Morgan fingerprint density at radius 1 is 1.30 bits per heavy atom. The van der Waals surface area contributed by atoms with Gasteiger partial charge in [0.15, 0.2) is 5.65 Å². The van der Waals surface area contributed by atoms with Crippen molar-refractivity contribution in [2.75, 3.05) is 27.2 Å². The number of benzene rings is 1. The van der Waals surface area contributed by atoms with Gasteiger partial charge in [0, 0.05) is 18.3 Å². The van der Waals surface area contributed by atoms with Crippen molar-refractivity contribution >= 4 is 16.9 Å². The number of piperidine rings is 1. The number of aryl methyl sites for hydroxylation is 1. The number of ether oxygens (including phenoxy) is 1. The molecular formula is C26H35N5O2. The lowest BCUT2D eigenvalue weighted by Gasteiger charge is -2.39. The SMILES string of the molecule is CCC(C)n1ncc2c(C(=O)NCC3CCCN(C)C3c3ccc(OC)cc3)cc(C)nc21. The van der Waals surface area contributed by atoms with Crippen LogP contribution in [-0.4, -0.2) is 52.8 Å². The minimum Gasteiger partial charge on any atom is -0.497 e. The van der Waals surface area contributed by atoms with Crippen LogP contribution in [0.2, 0.25) is 0 Å². The maximum Gasteiger partial charge on any atom is 0.252 e. The molecule has 0 bridgehead atoms. The zero-order valence-electron chi connectivity index (χ0n) is 20.3. The van der Waals surface area contributed by atoms with Crippen LogP contribution in [0.4, 0.5) is 0 Å². The summed E-state index contributed by atoms with van der Waals surface area (Å²) in [5.74, 6) is 1.13. The maximum atomic E-state index is 13.3. The van der Waals surface area contributed by atoms with Gasteiger partial charge in [-0.1, -0.05) is 19.1 Å². The van der Waals surface area contributed by atoms with Gasteiger partial charge in [-0.3, -0.25) is 9.69 Å². The molecule has 33 heavy (non-hydrogen) atoms. The van der Waals surface area contributed by atoms with Gasteiger partial charge in [0.1, 0.15) is 5.75 Å². The van der Waals surface area contributed by atoms with Gasteiger partial charge < -0.3 is 10.1 Å². The molecule has 176 valence electrons. The first kappa shape index (κ1) is 23.2. The molecule has 1 fully saturated rings. The van der Waals surface area contributed by atoms with Crippen molar-refractivity contribution in [1.82, 2.24) is 25.0 Å². The Kier molecular flexibility index (Phi) is 6.98. The first-order chi connectivity index (χ1) is 15.9. The lowest BCUT2D eigenvalue weighted by Crippen LogP contribution is -2.41. The highest BCUT2D eigenvalue weighted by Gasteiger charge is 2.31. The number of rotatable bonds is 7. The minimum atomic E-state index is -0.0593. The molecule has 1 aromatic carbocycles. The van der Waals surface area contributed by atoms with Crippen LogP contribution < -0.4 is 10.1 Å². The highest BCUT2D eigenvalue weighted by atomic mass is 16.5. The number of aromatic nitrogens is 3. The molecule has 0 saturated carbocycles. The summed E-state index contributed by atoms with van der Waals surface area (Å²) in [7, 11) is 3.85. The molecule has 0 spiro atoms. The number of nitrogens with one attached hydrogen (secondary N) is 1. The zero-order chi connectivity index (χ0) is 23.5. The second kappa shape index (κ2) is 9.91. The van der Waals surface area contributed by atoms with Crippen molar-refractivity contribution in [3.8, 4) is 5.75 Å². The molecule has 0 radical (unpaired) electrons. The largest absolute Gasteiger partial charge is 0.497 e. The third-order valence-corrected chi connectivity index (χ3v) is 6.94. The van der Waals surface area contributed by atoms with E-state index < -0.39 is 0 Å². The normalized spacial score (nSPS) is 20.0. The van der Waals surface area contributed by atoms with Crippen molar-refractivity contribution in [1.29, 1.82) is 0 Å². The number of hydrogen-bond acceptors (Lipinski definition) is 5. The molecule has 1 amide bonds. The Bertz CT molecular complexity index is 1110. The van der Waals surface area contributed by atoms with Gasteiger partial charge in [-0.2, -0.15) is 5.10 Å². The van der Waals surface area contributed by atoms with Gasteiger partial charge in [-0.25, -0.2) is 9.67 Å². The highest BCUT2D eigenvalue weighted by molar-refractivity contribution is 6.05. The van der Waals surface area contributed by atoms with Gasteiger partial charge in [-0.05, 0) is 76.4 Å². The molecule has 3 unspecified atom stereocenters. The molecule has 1 aliphatic heterocycles. The first-order valence-corrected chi connectivity index (χ1v) is 11.9. The molecular weight excluding hydrogens is 414 g/mol. The van der Waals surface area contributed by atoms with E-state index in [1.165, 1.54) is 5.56 Å². The van der Waals surface area contributed by atoms with Gasteiger partial charge in [-0.15, -0.1) is 0 Å². The Labute approximate surface area is 196 Å². The van der Waals surface area contributed by atoms with Crippen molar-refractivity contribution in [3.05, 3.63) is 53.3 Å². The summed E-state index contributed by atoms with van der Waals surface area (Å²) in [6.45, 7) is 7.86. The predicted octanol–water partition coefficient (Wildman–Crippen LogP) is 4.53. The summed E-state index contributed by atoms with van der Waals surface area (Å²) in [4.78, 5) is 20.4. The number of nitrogens with zero attached hydrogens (tertiary/aromatic N) is 4. The topological polar surface area (TPSA) is 72.3 Å². The van der Waals surface area contributed by atoms with Crippen molar-refractivity contribution in [2.45, 2.75) is 52.1 Å². The summed E-state index contributed by atoms with van der Waals surface area (Å²) < 4.78 is 7.25. The molecule has 1 aliphatic rings. The van der Waals surface area contributed by atoms with Crippen molar-refractivity contribution < 1.29 is 9.53 Å². The van der Waals surface area contributed by atoms with Crippen molar-refractivity contribution in [2.24, 2.45) is 5.92 Å². The molecule has 1 saturated heterocycles. The second-order valence-electron chi connectivity index (χ2n) is 9.21. The standard InChI is InChI=1S/C26H35N5O2/c1-6-18(3)31-25-23(16-28-31)22(14-17(2)29-25)26(32)27-15-20-8-7-13-30(4)24(20)19-9-11-21(33-5)12-10-19/h9-12,14,16,18,20,24H,6-8,13,15H2,1-5H3,(H,27,32). The van der Waals surface area contributed by atoms with Gasteiger partial charge in [0.2, 0.25) is 0 Å². The molecule has 3 heterocycles. The van der Waals surface area contributed by atoms with Crippen LogP contribution in [0, 0.1) is 12.8 Å². The summed E-state index contributed by atoms with van der Waals surface area (Å²) in [5.41, 5.74) is 3.51. The van der Waals surface area contributed by atoms with Crippen LogP contribution in [0.5, 0.6) is 5.75 Å². The molecule has 3 aromatic rings. The van der Waals surface area contributed by atoms with Crippen LogP contribution in [0.3, 0.4) is 0 Å². The number of carbonyl (C=O) groups is 1. The molecule has 1 N–H and O–H groups in total. The van der Waals surface area contributed by atoms with Crippen LogP contribution in [0.15, 0.2) is 36.5 Å². The molecule has 3 atom stereocenters. The summed E-state index contributed by atoms with van der Waals surface area (Å²) >= 11 is 0. The molecule has 4 rings (SSSR count). The fourth-order valence-corrected chi connectivity index (χ4v) is 4.95. The van der Waals surface area contributed by atoms with E-state index in [0.717, 1.165) is 48.3 Å². The van der Waals surface area contributed by atoms with E-state index >= 15 is 0 Å². The number of carbonyl (C=O) groups excluding carboxylic acids is 1. The van der Waals surface area contributed by atoms with E-state index in [2.05, 4.69) is 53.3 Å².